The molecule has 3 N–H and O–H groups in total. The van der Waals surface area contributed by atoms with Gasteiger partial charge in [-0.1, -0.05) is 24.3 Å². The maximum atomic E-state index is 14.0. The van der Waals surface area contributed by atoms with Crippen LogP contribution in [0, 0.1) is 23.3 Å². The standard InChI is InChI=1S/C26H18F4N4OS/c27-16-5-2-6-17(28)21(16)33-24(31)14-10-11-15-13(12-14)4-1-9-20-23(15)36-26(32-20)25(35)34-22-18(29)7-3-8-19(22)30/h2-3,5-8,10-12H,1,4,9H2,(H2,31,33)(H,34,35). The van der Waals surface area contributed by atoms with Crippen molar-refractivity contribution in [3.63, 3.8) is 0 Å². The average Bonchev–Trinajstić information content (AvgIpc) is 3.20. The highest BCUT2D eigenvalue weighted by Gasteiger charge is 2.24. The number of nitrogens with zero attached hydrogens (tertiary/aromatic N) is 2. The first-order valence-electron chi connectivity index (χ1n) is 11.0. The van der Waals surface area contributed by atoms with Gasteiger partial charge in [-0.05, 0) is 60.7 Å². The summed E-state index contributed by atoms with van der Waals surface area (Å²) in [6.07, 6.45) is 2.02. The van der Waals surface area contributed by atoms with Crippen molar-refractivity contribution >= 4 is 34.5 Å². The van der Waals surface area contributed by atoms with E-state index in [0.29, 0.717) is 24.1 Å². The number of halogens is 4. The second kappa shape index (κ2) is 9.54. The Morgan fingerprint density at radius 3 is 2.31 bits per heavy atom. The largest absolute Gasteiger partial charge is 0.383 e. The molecule has 1 aromatic heterocycles. The summed E-state index contributed by atoms with van der Waals surface area (Å²) in [7, 11) is 0. The normalized spacial score (nSPS) is 13.1. The van der Waals surface area contributed by atoms with Crippen LogP contribution in [-0.4, -0.2) is 16.7 Å². The minimum atomic E-state index is -0.881. The molecular weight excluding hydrogens is 492 g/mol. The zero-order valence-corrected chi connectivity index (χ0v) is 19.4. The molecule has 10 heteroatoms. The molecule has 0 atom stereocenters. The molecule has 0 unspecified atom stereocenters. The third kappa shape index (κ3) is 4.47. The molecule has 3 aromatic carbocycles. The number of nitrogens with two attached hydrogens (primary N) is 1. The number of amidine groups is 1. The number of aryl methyl sites for hydroxylation is 2. The third-order valence-electron chi connectivity index (χ3n) is 5.77. The monoisotopic (exact) mass is 510 g/mol. The van der Waals surface area contributed by atoms with Crippen LogP contribution >= 0.6 is 11.3 Å². The van der Waals surface area contributed by atoms with Crippen LogP contribution in [0.3, 0.4) is 0 Å². The maximum absolute atomic E-state index is 14.0. The third-order valence-corrected chi connectivity index (χ3v) is 6.90. The summed E-state index contributed by atoms with van der Waals surface area (Å²) >= 11 is 1.12. The van der Waals surface area contributed by atoms with Gasteiger partial charge >= 0.3 is 0 Å². The number of rotatable bonds is 4. The summed E-state index contributed by atoms with van der Waals surface area (Å²) in [6, 6.07) is 12.1. The minimum absolute atomic E-state index is 0.0393. The first-order valence-corrected chi connectivity index (χ1v) is 11.8. The van der Waals surface area contributed by atoms with Gasteiger partial charge in [-0.15, -0.1) is 11.3 Å². The first-order chi connectivity index (χ1) is 17.3. The fourth-order valence-electron chi connectivity index (χ4n) is 4.02. The summed E-state index contributed by atoms with van der Waals surface area (Å²) in [4.78, 5) is 21.9. The van der Waals surface area contributed by atoms with E-state index in [1.807, 2.05) is 0 Å². The molecule has 1 aliphatic carbocycles. The second-order valence-corrected chi connectivity index (χ2v) is 9.14. The van der Waals surface area contributed by atoms with E-state index >= 15 is 0 Å². The molecule has 1 amide bonds. The molecule has 1 heterocycles. The van der Waals surface area contributed by atoms with Crippen molar-refractivity contribution in [2.24, 2.45) is 10.7 Å². The van der Waals surface area contributed by atoms with Gasteiger partial charge < -0.3 is 11.1 Å². The number of para-hydroxylation sites is 2. The number of aromatic nitrogens is 1. The molecule has 0 saturated carbocycles. The number of thiazole rings is 1. The van der Waals surface area contributed by atoms with Crippen molar-refractivity contribution in [2.45, 2.75) is 19.3 Å². The SMILES string of the molecule is NC(=Nc1c(F)cccc1F)c1ccc2c(c1)CCCc1nc(C(=O)Nc3c(F)cccc3F)sc1-2. The summed E-state index contributed by atoms with van der Waals surface area (Å²) in [5, 5.41) is 2.34. The van der Waals surface area contributed by atoms with Crippen LogP contribution in [0.1, 0.15) is 33.0 Å². The number of hydrogen-bond donors (Lipinski definition) is 2. The molecule has 0 saturated heterocycles. The lowest BCUT2D eigenvalue weighted by Gasteiger charge is -2.09. The van der Waals surface area contributed by atoms with Crippen LogP contribution in [-0.2, 0) is 12.8 Å². The molecule has 0 radical (unpaired) electrons. The number of amides is 1. The lowest BCUT2D eigenvalue weighted by atomic mass is 10.0. The Kier molecular flexibility index (Phi) is 6.27. The number of carbonyl (C=O) groups excluding carboxylic acids is 1. The van der Waals surface area contributed by atoms with Gasteiger partial charge in [-0.2, -0.15) is 0 Å². The van der Waals surface area contributed by atoms with Crippen LogP contribution in [0.5, 0.6) is 0 Å². The number of carbonyl (C=O) groups is 1. The lowest BCUT2D eigenvalue weighted by Crippen LogP contribution is -2.14. The number of hydrogen-bond acceptors (Lipinski definition) is 4. The van der Waals surface area contributed by atoms with Gasteiger partial charge in [0.15, 0.2) is 16.6 Å². The van der Waals surface area contributed by atoms with Crippen LogP contribution in [0.4, 0.5) is 28.9 Å². The highest BCUT2D eigenvalue weighted by molar-refractivity contribution is 7.17. The molecule has 0 spiro atoms. The summed E-state index contributed by atoms with van der Waals surface area (Å²) in [6.45, 7) is 0. The Morgan fingerprint density at radius 1 is 0.944 bits per heavy atom. The van der Waals surface area contributed by atoms with Gasteiger partial charge in [0.25, 0.3) is 5.91 Å². The predicted octanol–water partition coefficient (Wildman–Crippen LogP) is 6.14. The van der Waals surface area contributed by atoms with E-state index in [1.165, 1.54) is 12.1 Å². The van der Waals surface area contributed by atoms with E-state index in [1.54, 1.807) is 18.2 Å². The minimum Gasteiger partial charge on any atom is -0.383 e. The van der Waals surface area contributed by atoms with Gasteiger partial charge in [0, 0.05) is 5.56 Å². The fourth-order valence-corrected chi connectivity index (χ4v) is 5.09. The molecule has 1 aliphatic rings. The van der Waals surface area contributed by atoms with Gasteiger partial charge in [0.05, 0.1) is 10.6 Å². The molecule has 0 bridgehead atoms. The van der Waals surface area contributed by atoms with Crippen LogP contribution in [0.15, 0.2) is 59.6 Å². The molecule has 5 nitrogen and oxygen atoms in total. The van der Waals surface area contributed by atoms with Gasteiger partial charge in [0.2, 0.25) is 0 Å². The van der Waals surface area contributed by atoms with Crippen molar-refractivity contribution in [1.82, 2.24) is 4.98 Å². The Labute approximate surface area is 207 Å². The van der Waals surface area contributed by atoms with E-state index in [9.17, 15) is 22.4 Å². The number of benzene rings is 3. The summed E-state index contributed by atoms with van der Waals surface area (Å²) in [5.41, 5.74) is 8.03. The Hall–Kier alpha value is -4.05. The molecule has 0 aliphatic heterocycles. The highest BCUT2D eigenvalue weighted by atomic mass is 32.1. The molecule has 36 heavy (non-hydrogen) atoms. The maximum Gasteiger partial charge on any atom is 0.284 e. The fraction of sp³-hybridized carbons (Fsp3) is 0.115. The summed E-state index contributed by atoms with van der Waals surface area (Å²) in [5.74, 6) is -4.14. The van der Waals surface area contributed by atoms with Crippen molar-refractivity contribution in [2.75, 3.05) is 5.32 Å². The summed E-state index contributed by atoms with van der Waals surface area (Å²) < 4.78 is 55.9. The van der Waals surface area contributed by atoms with Gasteiger partial charge in [0.1, 0.15) is 28.8 Å². The van der Waals surface area contributed by atoms with E-state index < -0.39 is 40.6 Å². The molecule has 4 aromatic rings. The number of anilines is 1. The average molecular weight is 511 g/mol. The topological polar surface area (TPSA) is 80.4 Å². The van der Waals surface area contributed by atoms with Crippen LogP contribution < -0.4 is 11.1 Å². The Morgan fingerprint density at radius 2 is 1.61 bits per heavy atom. The Balaban J connectivity index is 1.46. The van der Waals surface area contributed by atoms with E-state index in [4.69, 9.17) is 5.73 Å². The van der Waals surface area contributed by atoms with Gasteiger partial charge in [-0.25, -0.2) is 27.5 Å². The molecule has 5 rings (SSSR count). The highest BCUT2D eigenvalue weighted by Crippen LogP contribution is 2.38. The van der Waals surface area contributed by atoms with E-state index in [0.717, 1.165) is 58.0 Å². The lowest BCUT2D eigenvalue weighted by molar-refractivity contribution is 0.102. The predicted molar refractivity (Wildman–Crippen MR) is 131 cm³/mol. The van der Waals surface area contributed by atoms with Gasteiger partial charge in [-0.3, -0.25) is 4.79 Å². The second-order valence-electron chi connectivity index (χ2n) is 8.14. The smallest absolute Gasteiger partial charge is 0.284 e. The molecule has 182 valence electrons. The quantitative estimate of drug-likeness (QED) is 0.197. The van der Waals surface area contributed by atoms with Crippen molar-refractivity contribution in [3.8, 4) is 10.4 Å². The van der Waals surface area contributed by atoms with Crippen LogP contribution in [0.25, 0.3) is 10.4 Å². The van der Waals surface area contributed by atoms with Crippen molar-refractivity contribution in [3.05, 3.63) is 99.7 Å². The first kappa shape index (κ1) is 23.7. The number of aliphatic imine (C=N–C) groups is 1. The zero-order valence-electron chi connectivity index (χ0n) is 18.6. The zero-order chi connectivity index (χ0) is 25.4. The van der Waals surface area contributed by atoms with Crippen molar-refractivity contribution < 1.29 is 22.4 Å². The Bertz CT molecular complexity index is 1490. The molecular formula is C26H18F4N4OS. The van der Waals surface area contributed by atoms with E-state index in [2.05, 4.69) is 15.3 Å². The van der Waals surface area contributed by atoms with Crippen molar-refractivity contribution in [1.29, 1.82) is 0 Å². The van der Waals surface area contributed by atoms with Crippen LogP contribution in [0.2, 0.25) is 0 Å². The van der Waals surface area contributed by atoms with E-state index in [-0.39, 0.29) is 10.8 Å². The molecule has 0 fully saturated rings. The number of nitrogens with one attached hydrogen (secondary N) is 1. The number of fused-ring (bicyclic) bond motifs is 3.